The Morgan fingerprint density at radius 2 is 1.88 bits per heavy atom. The molecule has 1 aromatic heterocycles. The van der Waals surface area contributed by atoms with E-state index in [0.29, 0.717) is 40.3 Å². The predicted octanol–water partition coefficient (Wildman–Crippen LogP) is 4.22. The van der Waals surface area contributed by atoms with Crippen molar-refractivity contribution in [2.24, 2.45) is 0 Å². The van der Waals surface area contributed by atoms with Crippen LogP contribution in [0.3, 0.4) is 0 Å². The van der Waals surface area contributed by atoms with Gasteiger partial charge in [0.15, 0.2) is 5.16 Å². The maximum Gasteiger partial charge on any atom is 0.266 e. The van der Waals surface area contributed by atoms with Crippen molar-refractivity contribution < 1.29 is 9.53 Å². The highest BCUT2D eigenvalue weighted by molar-refractivity contribution is 8.00. The number of thioether (sulfide) groups is 1. The van der Waals surface area contributed by atoms with Crippen molar-refractivity contribution in [1.82, 2.24) is 14.9 Å². The van der Waals surface area contributed by atoms with Crippen LogP contribution < -0.4 is 15.6 Å². The number of carbonyl (C=O) groups is 1. The summed E-state index contributed by atoms with van der Waals surface area (Å²) in [4.78, 5) is 31.3. The molecule has 1 heterocycles. The number of nitrogens with zero attached hydrogens (tertiary/aromatic N) is 3. The van der Waals surface area contributed by atoms with Crippen LogP contribution in [0, 0.1) is 11.3 Å². The van der Waals surface area contributed by atoms with Gasteiger partial charge in [0.2, 0.25) is 5.91 Å². The van der Waals surface area contributed by atoms with Crippen molar-refractivity contribution in [2.75, 3.05) is 7.11 Å². The van der Waals surface area contributed by atoms with Gasteiger partial charge in [-0.15, -0.1) is 0 Å². The van der Waals surface area contributed by atoms with Gasteiger partial charge in [0.05, 0.1) is 35.0 Å². The number of rotatable bonds is 6. The standard InChI is InChI=1S/C25H26N4O3S/c1-17(22(30)28-25(16-26)14-8-3-9-15-25)33-24-27-19-11-5-4-10-18(19)23(31)29(24)20-12-6-7-13-21(20)32-2/h4-7,10-13,17H,3,8-9,14-15H2,1-2H3,(H,28,30). The minimum atomic E-state index is -0.816. The molecular weight excluding hydrogens is 436 g/mol. The number of amides is 1. The molecule has 0 spiro atoms. The first-order valence-electron chi connectivity index (χ1n) is 11.0. The van der Waals surface area contributed by atoms with Gasteiger partial charge in [-0.2, -0.15) is 5.26 Å². The van der Waals surface area contributed by atoms with E-state index in [-0.39, 0.29) is 11.5 Å². The van der Waals surface area contributed by atoms with Gasteiger partial charge in [-0.05, 0) is 44.0 Å². The maximum absolute atomic E-state index is 13.5. The summed E-state index contributed by atoms with van der Waals surface area (Å²) in [6.45, 7) is 1.77. The summed E-state index contributed by atoms with van der Waals surface area (Å²) < 4.78 is 6.99. The number of hydrogen-bond donors (Lipinski definition) is 1. The highest BCUT2D eigenvalue weighted by Crippen LogP contribution is 2.31. The van der Waals surface area contributed by atoms with E-state index in [1.54, 1.807) is 44.4 Å². The third-order valence-electron chi connectivity index (χ3n) is 6.01. The molecule has 0 saturated heterocycles. The van der Waals surface area contributed by atoms with Gasteiger partial charge in [0.1, 0.15) is 11.3 Å². The lowest BCUT2D eigenvalue weighted by molar-refractivity contribution is -0.121. The molecule has 170 valence electrons. The summed E-state index contributed by atoms with van der Waals surface area (Å²) in [6.07, 6.45) is 4.25. The largest absolute Gasteiger partial charge is 0.495 e. The fourth-order valence-electron chi connectivity index (χ4n) is 4.19. The predicted molar refractivity (Wildman–Crippen MR) is 129 cm³/mol. The lowest BCUT2D eigenvalue weighted by Gasteiger charge is -2.32. The highest BCUT2D eigenvalue weighted by atomic mass is 32.2. The molecule has 0 radical (unpaired) electrons. The summed E-state index contributed by atoms with van der Waals surface area (Å²) in [5, 5.41) is 13.0. The van der Waals surface area contributed by atoms with Crippen LogP contribution in [-0.2, 0) is 4.79 Å². The zero-order valence-electron chi connectivity index (χ0n) is 18.7. The van der Waals surface area contributed by atoms with Gasteiger partial charge in [0, 0.05) is 0 Å². The summed E-state index contributed by atoms with van der Waals surface area (Å²) in [6, 6.07) is 16.7. The first-order valence-corrected chi connectivity index (χ1v) is 11.9. The Bertz CT molecular complexity index is 1270. The van der Waals surface area contributed by atoms with Crippen molar-refractivity contribution in [3.8, 4) is 17.5 Å². The van der Waals surface area contributed by atoms with Gasteiger partial charge in [-0.25, -0.2) is 4.98 Å². The molecule has 1 saturated carbocycles. The first-order chi connectivity index (χ1) is 16.0. The van der Waals surface area contributed by atoms with Crippen molar-refractivity contribution in [3.05, 3.63) is 58.9 Å². The van der Waals surface area contributed by atoms with E-state index < -0.39 is 10.8 Å². The number of fused-ring (bicyclic) bond motifs is 1. The SMILES string of the molecule is COc1ccccc1-n1c(SC(C)C(=O)NC2(C#N)CCCCC2)nc2ccccc2c1=O. The van der Waals surface area contributed by atoms with Crippen LogP contribution in [0.1, 0.15) is 39.0 Å². The molecule has 33 heavy (non-hydrogen) atoms. The smallest absolute Gasteiger partial charge is 0.266 e. The highest BCUT2D eigenvalue weighted by Gasteiger charge is 2.35. The van der Waals surface area contributed by atoms with E-state index >= 15 is 0 Å². The molecule has 0 aliphatic heterocycles. The fourth-order valence-corrected chi connectivity index (χ4v) is 5.11. The maximum atomic E-state index is 13.5. The van der Waals surface area contributed by atoms with E-state index in [0.717, 1.165) is 19.3 Å². The number of methoxy groups -OCH3 is 1. The fraction of sp³-hybridized carbons (Fsp3) is 0.360. The number of para-hydroxylation sites is 3. The molecule has 1 aliphatic carbocycles. The van der Waals surface area contributed by atoms with Crippen LogP contribution in [0.25, 0.3) is 16.6 Å². The molecule has 1 unspecified atom stereocenters. The summed E-state index contributed by atoms with van der Waals surface area (Å²) in [5.41, 5.74) is 0.0631. The van der Waals surface area contributed by atoms with Crippen LogP contribution >= 0.6 is 11.8 Å². The Morgan fingerprint density at radius 1 is 1.18 bits per heavy atom. The lowest BCUT2D eigenvalue weighted by atomic mass is 9.83. The average Bonchev–Trinajstić information content (AvgIpc) is 2.85. The minimum Gasteiger partial charge on any atom is -0.495 e. The van der Waals surface area contributed by atoms with Gasteiger partial charge < -0.3 is 10.1 Å². The molecule has 3 aromatic rings. The van der Waals surface area contributed by atoms with Crippen molar-refractivity contribution in [2.45, 2.75) is 55.0 Å². The van der Waals surface area contributed by atoms with Crippen LogP contribution in [0.4, 0.5) is 0 Å². The van der Waals surface area contributed by atoms with Crippen LogP contribution in [0.5, 0.6) is 5.75 Å². The summed E-state index contributed by atoms with van der Waals surface area (Å²) in [7, 11) is 1.55. The van der Waals surface area contributed by atoms with Crippen LogP contribution in [0.15, 0.2) is 58.5 Å². The third kappa shape index (κ3) is 4.60. The second-order valence-electron chi connectivity index (χ2n) is 8.23. The lowest BCUT2D eigenvalue weighted by Crippen LogP contribution is -2.51. The molecule has 4 rings (SSSR count). The molecule has 1 atom stereocenters. The zero-order valence-corrected chi connectivity index (χ0v) is 19.5. The Balaban J connectivity index is 1.73. The quantitative estimate of drug-likeness (QED) is 0.435. The second-order valence-corrected chi connectivity index (χ2v) is 9.54. The first kappa shape index (κ1) is 22.9. The van der Waals surface area contributed by atoms with E-state index in [9.17, 15) is 14.9 Å². The van der Waals surface area contributed by atoms with Crippen LogP contribution in [0.2, 0.25) is 0 Å². The van der Waals surface area contributed by atoms with Gasteiger partial charge in [-0.1, -0.05) is 55.3 Å². The minimum absolute atomic E-state index is 0.235. The van der Waals surface area contributed by atoms with E-state index in [2.05, 4.69) is 11.4 Å². The monoisotopic (exact) mass is 462 g/mol. The summed E-state index contributed by atoms with van der Waals surface area (Å²) >= 11 is 1.19. The molecule has 8 heteroatoms. The second kappa shape index (κ2) is 9.67. The van der Waals surface area contributed by atoms with Crippen molar-refractivity contribution in [3.63, 3.8) is 0 Å². The van der Waals surface area contributed by atoms with Gasteiger partial charge >= 0.3 is 0 Å². The Hall–Kier alpha value is -3.31. The van der Waals surface area contributed by atoms with Gasteiger partial charge in [0.25, 0.3) is 5.56 Å². The number of hydrogen-bond acceptors (Lipinski definition) is 6. The number of aromatic nitrogens is 2. The third-order valence-corrected chi connectivity index (χ3v) is 7.06. The Morgan fingerprint density at radius 3 is 2.61 bits per heavy atom. The molecular formula is C25H26N4O3S. The van der Waals surface area contributed by atoms with E-state index in [1.807, 2.05) is 18.2 Å². The van der Waals surface area contributed by atoms with Crippen LogP contribution in [-0.4, -0.2) is 33.4 Å². The number of nitriles is 1. The Kier molecular flexibility index (Phi) is 6.70. The molecule has 0 bridgehead atoms. The van der Waals surface area contributed by atoms with Crippen molar-refractivity contribution >= 4 is 28.6 Å². The number of benzene rings is 2. The topological polar surface area (TPSA) is 97.0 Å². The molecule has 1 fully saturated rings. The number of nitrogens with one attached hydrogen (secondary N) is 1. The molecule has 2 aromatic carbocycles. The number of ether oxygens (including phenoxy) is 1. The summed E-state index contributed by atoms with van der Waals surface area (Å²) in [5.74, 6) is 0.290. The van der Waals surface area contributed by atoms with E-state index in [4.69, 9.17) is 9.72 Å². The Labute approximate surface area is 196 Å². The van der Waals surface area contributed by atoms with Crippen molar-refractivity contribution in [1.29, 1.82) is 5.26 Å². The average molecular weight is 463 g/mol. The number of carbonyl (C=O) groups excluding carboxylic acids is 1. The molecule has 1 aliphatic rings. The van der Waals surface area contributed by atoms with E-state index in [1.165, 1.54) is 16.3 Å². The molecule has 7 nitrogen and oxygen atoms in total. The van der Waals surface area contributed by atoms with Gasteiger partial charge in [-0.3, -0.25) is 14.2 Å². The normalized spacial score (nSPS) is 16.0. The zero-order chi connectivity index (χ0) is 23.4. The molecule has 1 amide bonds. The molecule has 1 N–H and O–H groups in total.